The first kappa shape index (κ1) is 18.6. The van der Waals surface area contributed by atoms with Gasteiger partial charge in [-0.25, -0.2) is 0 Å². The third-order valence-electron chi connectivity index (χ3n) is 4.10. The average molecular weight is 350 g/mol. The van der Waals surface area contributed by atoms with E-state index >= 15 is 0 Å². The number of ether oxygens (including phenoxy) is 1. The summed E-state index contributed by atoms with van der Waals surface area (Å²) in [5.74, 6) is 1.40. The molecule has 0 unspecified atom stereocenters. The number of rotatable bonds is 6. The summed E-state index contributed by atoms with van der Waals surface area (Å²) in [4.78, 5) is 26.4. The fourth-order valence-electron chi connectivity index (χ4n) is 2.67. The molecule has 0 aromatic heterocycles. The molecule has 0 radical (unpaired) electrons. The van der Waals surface area contributed by atoms with E-state index in [0.29, 0.717) is 36.9 Å². The van der Waals surface area contributed by atoms with Crippen LogP contribution in [0.25, 0.3) is 0 Å². The first-order valence-corrected chi connectivity index (χ1v) is 9.38. The first-order valence-electron chi connectivity index (χ1n) is 8.34. The smallest absolute Gasteiger partial charge is 0.232 e. The van der Waals surface area contributed by atoms with Crippen LogP contribution in [0.5, 0.6) is 5.75 Å². The average Bonchev–Trinajstić information content (AvgIpc) is 2.59. The summed E-state index contributed by atoms with van der Waals surface area (Å²) in [5, 5.41) is 3.40. The van der Waals surface area contributed by atoms with Gasteiger partial charge in [0.2, 0.25) is 11.8 Å². The molecule has 6 heteroatoms. The van der Waals surface area contributed by atoms with Gasteiger partial charge in [-0.2, -0.15) is 0 Å². The molecule has 1 aliphatic heterocycles. The molecule has 132 valence electrons. The molecule has 2 amide bonds. The number of amides is 2. The molecule has 1 N–H and O–H groups in total. The van der Waals surface area contributed by atoms with Crippen molar-refractivity contribution >= 4 is 29.3 Å². The number of hydrogen-bond donors (Lipinski definition) is 1. The number of anilines is 1. The van der Waals surface area contributed by atoms with Crippen LogP contribution in [0, 0.1) is 5.92 Å². The van der Waals surface area contributed by atoms with Gasteiger partial charge in [0, 0.05) is 30.8 Å². The zero-order chi connectivity index (χ0) is 17.5. The zero-order valence-corrected chi connectivity index (χ0v) is 15.4. The van der Waals surface area contributed by atoms with Gasteiger partial charge in [-0.05, 0) is 30.2 Å². The number of carbonyl (C=O) groups excluding carboxylic acids is 2. The Morgan fingerprint density at radius 1 is 1.33 bits per heavy atom. The number of carbonyl (C=O) groups is 2. The standard InChI is InChI=1S/C18H26N2O3S/c1-13(2)24-12-17(21)20-9-7-14(8-10-20)18(22)19-15-5-4-6-16(11-15)23-3/h4-6,11,13-14H,7-10,12H2,1-3H3,(H,19,22). The van der Waals surface area contributed by atoms with Crippen molar-refractivity contribution in [2.75, 3.05) is 31.3 Å². The Morgan fingerprint density at radius 2 is 2.04 bits per heavy atom. The molecule has 1 saturated heterocycles. The van der Waals surface area contributed by atoms with Gasteiger partial charge in [0.15, 0.2) is 0 Å². The van der Waals surface area contributed by atoms with E-state index in [-0.39, 0.29) is 17.7 Å². The highest BCUT2D eigenvalue weighted by molar-refractivity contribution is 8.00. The van der Waals surface area contributed by atoms with E-state index in [1.165, 1.54) is 0 Å². The minimum atomic E-state index is -0.0435. The molecular weight excluding hydrogens is 324 g/mol. The lowest BCUT2D eigenvalue weighted by atomic mass is 9.96. The molecule has 0 bridgehead atoms. The number of piperidine rings is 1. The number of nitrogens with zero attached hydrogens (tertiary/aromatic N) is 1. The summed E-state index contributed by atoms with van der Waals surface area (Å²) < 4.78 is 5.16. The van der Waals surface area contributed by atoms with Crippen LogP contribution in [0.2, 0.25) is 0 Å². The molecule has 0 spiro atoms. The van der Waals surface area contributed by atoms with Gasteiger partial charge in [-0.1, -0.05) is 19.9 Å². The number of likely N-dealkylation sites (tertiary alicyclic amines) is 1. The lowest BCUT2D eigenvalue weighted by molar-refractivity contribution is -0.132. The highest BCUT2D eigenvalue weighted by Gasteiger charge is 2.27. The second kappa shape index (κ2) is 8.97. The third kappa shape index (κ3) is 5.44. The van der Waals surface area contributed by atoms with E-state index in [0.717, 1.165) is 11.4 Å². The first-order chi connectivity index (χ1) is 11.5. The van der Waals surface area contributed by atoms with Crippen molar-refractivity contribution in [3.05, 3.63) is 24.3 Å². The highest BCUT2D eigenvalue weighted by atomic mass is 32.2. The fourth-order valence-corrected chi connectivity index (χ4v) is 3.32. The summed E-state index contributed by atoms with van der Waals surface area (Å²) in [6.45, 7) is 5.50. The number of nitrogens with one attached hydrogen (secondary N) is 1. The van der Waals surface area contributed by atoms with E-state index in [2.05, 4.69) is 19.2 Å². The SMILES string of the molecule is COc1cccc(NC(=O)C2CCN(C(=O)CSC(C)C)CC2)c1. The van der Waals surface area contributed by atoms with Crippen LogP contribution in [0.4, 0.5) is 5.69 Å². The number of benzene rings is 1. The molecule has 2 rings (SSSR count). The third-order valence-corrected chi connectivity index (χ3v) is 5.18. The van der Waals surface area contributed by atoms with E-state index in [1.807, 2.05) is 23.1 Å². The lowest BCUT2D eigenvalue weighted by Crippen LogP contribution is -2.42. The Hall–Kier alpha value is -1.69. The normalized spacial score (nSPS) is 15.4. The van der Waals surface area contributed by atoms with Crippen molar-refractivity contribution in [2.45, 2.75) is 31.9 Å². The van der Waals surface area contributed by atoms with Gasteiger partial charge in [-0.3, -0.25) is 9.59 Å². The van der Waals surface area contributed by atoms with Gasteiger partial charge in [0.1, 0.15) is 5.75 Å². The van der Waals surface area contributed by atoms with Crippen molar-refractivity contribution in [1.29, 1.82) is 0 Å². The van der Waals surface area contributed by atoms with Crippen molar-refractivity contribution in [3.63, 3.8) is 0 Å². The summed E-state index contributed by atoms with van der Waals surface area (Å²) in [7, 11) is 1.60. The summed E-state index contributed by atoms with van der Waals surface area (Å²) in [6.07, 6.45) is 1.43. The molecule has 5 nitrogen and oxygen atoms in total. The molecule has 1 aromatic carbocycles. The second-order valence-corrected chi connectivity index (χ2v) is 7.80. The molecule has 24 heavy (non-hydrogen) atoms. The van der Waals surface area contributed by atoms with Gasteiger partial charge in [0.05, 0.1) is 12.9 Å². The predicted molar refractivity (Wildman–Crippen MR) is 98.5 cm³/mol. The Morgan fingerprint density at radius 3 is 2.67 bits per heavy atom. The Balaban J connectivity index is 1.81. The summed E-state index contributed by atoms with van der Waals surface area (Å²) in [6, 6.07) is 7.35. The maximum atomic E-state index is 12.4. The van der Waals surface area contributed by atoms with Crippen LogP contribution >= 0.6 is 11.8 Å². The number of thioether (sulfide) groups is 1. The van der Waals surface area contributed by atoms with Crippen molar-refractivity contribution in [2.24, 2.45) is 5.92 Å². The zero-order valence-electron chi connectivity index (χ0n) is 14.6. The number of hydrogen-bond acceptors (Lipinski definition) is 4. The Kier molecular flexibility index (Phi) is 6.97. The molecule has 0 aliphatic carbocycles. The largest absolute Gasteiger partial charge is 0.497 e. The summed E-state index contributed by atoms with van der Waals surface area (Å²) in [5.41, 5.74) is 0.742. The van der Waals surface area contributed by atoms with E-state index < -0.39 is 0 Å². The Bertz CT molecular complexity index is 569. The molecule has 1 aromatic rings. The van der Waals surface area contributed by atoms with Crippen molar-refractivity contribution in [1.82, 2.24) is 4.90 Å². The van der Waals surface area contributed by atoms with Gasteiger partial charge in [-0.15, -0.1) is 11.8 Å². The monoisotopic (exact) mass is 350 g/mol. The molecular formula is C18H26N2O3S. The second-order valence-electron chi connectivity index (χ2n) is 6.24. The molecule has 0 atom stereocenters. The minimum Gasteiger partial charge on any atom is -0.497 e. The molecule has 1 heterocycles. The fraction of sp³-hybridized carbons (Fsp3) is 0.556. The quantitative estimate of drug-likeness (QED) is 0.857. The van der Waals surface area contributed by atoms with E-state index in [1.54, 1.807) is 24.9 Å². The highest BCUT2D eigenvalue weighted by Crippen LogP contribution is 2.22. The summed E-state index contributed by atoms with van der Waals surface area (Å²) >= 11 is 1.66. The molecule has 0 saturated carbocycles. The topological polar surface area (TPSA) is 58.6 Å². The van der Waals surface area contributed by atoms with Gasteiger partial charge >= 0.3 is 0 Å². The molecule has 1 fully saturated rings. The van der Waals surface area contributed by atoms with Crippen LogP contribution in [0.15, 0.2) is 24.3 Å². The van der Waals surface area contributed by atoms with E-state index in [4.69, 9.17) is 4.74 Å². The van der Waals surface area contributed by atoms with Gasteiger partial charge < -0.3 is 15.0 Å². The van der Waals surface area contributed by atoms with Gasteiger partial charge in [0.25, 0.3) is 0 Å². The van der Waals surface area contributed by atoms with Crippen LogP contribution < -0.4 is 10.1 Å². The number of methoxy groups -OCH3 is 1. The van der Waals surface area contributed by atoms with E-state index in [9.17, 15) is 9.59 Å². The Labute approximate surface area is 148 Å². The predicted octanol–water partition coefficient (Wildman–Crippen LogP) is 3.01. The van der Waals surface area contributed by atoms with Crippen LogP contribution in [0.1, 0.15) is 26.7 Å². The van der Waals surface area contributed by atoms with Crippen LogP contribution in [-0.2, 0) is 9.59 Å². The van der Waals surface area contributed by atoms with Crippen molar-refractivity contribution < 1.29 is 14.3 Å². The lowest BCUT2D eigenvalue weighted by Gasteiger charge is -2.31. The minimum absolute atomic E-state index is 0.0203. The molecule has 1 aliphatic rings. The maximum absolute atomic E-state index is 12.4. The van der Waals surface area contributed by atoms with Crippen molar-refractivity contribution in [3.8, 4) is 5.75 Å². The van der Waals surface area contributed by atoms with Crippen LogP contribution in [-0.4, -0.2) is 47.9 Å². The van der Waals surface area contributed by atoms with Crippen LogP contribution in [0.3, 0.4) is 0 Å². The maximum Gasteiger partial charge on any atom is 0.232 e.